The second-order valence-electron chi connectivity index (χ2n) is 11.2. The topological polar surface area (TPSA) is 108 Å². The van der Waals surface area contributed by atoms with Crippen molar-refractivity contribution in [2.45, 2.75) is 70.2 Å². The molecule has 3 atom stereocenters. The Hall–Kier alpha value is -3.56. The zero-order valence-electron chi connectivity index (χ0n) is 23.9. The Morgan fingerprint density at radius 2 is 1.57 bits per heavy atom. The lowest BCUT2D eigenvalue weighted by Crippen LogP contribution is -2.41. The molecule has 0 aromatic heterocycles. The molecular weight excluding hydrogens is 532 g/mol. The number of amides is 1. The highest BCUT2D eigenvalue weighted by molar-refractivity contribution is 5.80. The first-order chi connectivity index (χ1) is 20.5. The molecule has 0 saturated carbocycles. The van der Waals surface area contributed by atoms with E-state index in [4.69, 9.17) is 14.6 Å². The average Bonchev–Trinajstić information content (AvgIpc) is 3.03. The summed E-state index contributed by atoms with van der Waals surface area (Å²) in [6, 6.07) is 24.1. The maximum Gasteiger partial charge on any atom is 0.303 e. The Morgan fingerprint density at radius 3 is 2.31 bits per heavy atom. The SMILES string of the molecule is O=C(O)CCC(=O)NCc1cccc(-c2cccc([C@@H]3O[C@H](CN4CCCCC4)C[C@H](c4ccc(CO)cc4)O3)c2)c1. The first kappa shape index (κ1) is 29.9. The van der Waals surface area contributed by atoms with Crippen LogP contribution in [0, 0.1) is 0 Å². The number of ether oxygens (including phenoxy) is 2. The minimum Gasteiger partial charge on any atom is -0.481 e. The highest BCUT2D eigenvalue weighted by Gasteiger charge is 2.33. The van der Waals surface area contributed by atoms with Crippen molar-refractivity contribution in [1.82, 2.24) is 10.2 Å². The van der Waals surface area contributed by atoms with Gasteiger partial charge >= 0.3 is 5.97 Å². The van der Waals surface area contributed by atoms with E-state index in [0.717, 1.165) is 59.4 Å². The van der Waals surface area contributed by atoms with Crippen molar-refractivity contribution in [2.24, 2.45) is 0 Å². The predicted octanol–water partition coefficient (Wildman–Crippen LogP) is 5.36. The number of hydrogen-bond acceptors (Lipinski definition) is 6. The second-order valence-corrected chi connectivity index (χ2v) is 11.2. The maximum atomic E-state index is 12.0. The number of carbonyl (C=O) groups is 2. The van der Waals surface area contributed by atoms with Crippen molar-refractivity contribution < 1.29 is 29.3 Å². The summed E-state index contributed by atoms with van der Waals surface area (Å²) in [7, 11) is 0. The van der Waals surface area contributed by atoms with Crippen LogP contribution in [0.1, 0.15) is 73.2 Å². The van der Waals surface area contributed by atoms with Gasteiger partial charge in [-0.15, -0.1) is 0 Å². The lowest BCUT2D eigenvalue weighted by atomic mass is 9.98. The molecule has 8 heteroatoms. The first-order valence-electron chi connectivity index (χ1n) is 14.9. The zero-order chi connectivity index (χ0) is 29.3. The van der Waals surface area contributed by atoms with Crippen LogP contribution in [0.4, 0.5) is 0 Å². The summed E-state index contributed by atoms with van der Waals surface area (Å²) in [5.74, 6) is -1.27. The molecule has 3 aromatic carbocycles. The van der Waals surface area contributed by atoms with Gasteiger partial charge in [0.25, 0.3) is 0 Å². The number of aliphatic hydroxyl groups excluding tert-OH is 1. The fourth-order valence-corrected chi connectivity index (χ4v) is 5.70. The number of rotatable bonds is 11. The molecule has 0 aliphatic carbocycles. The molecule has 222 valence electrons. The van der Waals surface area contributed by atoms with E-state index in [1.54, 1.807) is 0 Å². The lowest BCUT2D eigenvalue weighted by molar-refractivity contribution is -0.253. The second kappa shape index (κ2) is 14.6. The number of carboxylic acid groups (broad SMARTS) is 1. The highest BCUT2D eigenvalue weighted by Crippen LogP contribution is 2.39. The standard InChI is InChI=1S/C34H40N2O6/c37-23-24-10-12-26(13-11-24)31-20-30(22-36-16-2-1-3-17-36)41-34(42-31)29-9-5-8-28(19-29)27-7-4-6-25(18-27)21-35-32(38)14-15-33(39)40/h4-13,18-19,30-31,34,37H,1-3,14-17,20-23H2,(H,35,38)(H,39,40)/t30-,31+,34+/m0/s1. The highest BCUT2D eigenvalue weighted by atomic mass is 16.7. The van der Waals surface area contributed by atoms with E-state index in [2.05, 4.69) is 16.3 Å². The minimum absolute atomic E-state index is 0.0141. The van der Waals surface area contributed by atoms with Crippen LogP contribution in [0.5, 0.6) is 0 Å². The van der Waals surface area contributed by atoms with Crippen molar-refractivity contribution in [1.29, 1.82) is 0 Å². The van der Waals surface area contributed by atoms with Crippen molar-refractivity contribution >= 4 is 11.9 Å². The molecule has 2 aliphatic rings. The molecule has 0 spiro atoms. The predicted molar refractivity (Wildman–Crippen MR) is 159 cm³/mol. The summed E-state index contributed by atoms with van der Waals surface area (Å²) in [4.78, 5) is 25.2. The molecule has 8 nitrogen and oxygen atoms in total. The fourth-order valence-electron chi connectivity index (χ4n) is 5.70. The Bertz CT molecular complexity index is 1340. The number of hydrogen-bond donors (Lipinski definition) is 3. The monoisotopic (exact) mass is 572 g/mol. The Balaban J connectivity index is 1.32. The minimum atomic E-state index is -0.985. The molecule has 2 aliphatic heterocycles. The summed E-state index contributed by atoms with van der Waals surface area (Å²) >= 11 is 0. The van der Waals surface area contributed by atoms with Crippen LogP contribution in [0.25, 0.3) is 11.1 Å². The third kappa shape index (κ3) is 8.26. The van der Waals surface area contributed by atoms with Crippen LogP contribution in [0.2, 0.25) is 0 Å². The third-order valence-corrected chi connectivity index (χ3v) is 8.00. The van der Waals surface area contributed by atoms with Gasteiger partial charge in [-0.05, 0) is 65.9 Å². The third-order valence-electron chi connectivity index (χ3n) is 8.00. The van der Waals surface area contributed by atoms with Gasteiger partial charge in [-0.1, -0.05) is 67.1 Å². The van der Waals surface area contributed by atoms with Crippen LogP contribution in [-0.4, -0.2) is 52.7 Å². The van der Waals surface area contributed by atoms with Crippen LogP contribution in [-0.2, 0) is 32.2 Å². The van der Waals surface area contributed by atoms with E-state index in [1.807, 2.05) is 66.7 Å². The molecule has 42 heavy (non-hydrogen) atoms. The summed E-state index contributed by atoms with van der Waals surface area (Å²) in [6.07, 6.45) is 3.68. The van der Waals surface area contributed by atoms with Gasteiger partial charge in [0.05, 0.1) is 25.2 Å². The normalized spacial score (nSPS) is 21.1. The molecule has 1 amide bonds. The molecule has 2 saturated heterocycles. The Labute approximate surface area is 247 Å². The molecule has 2 heterocycles. The Morgan fingerprint density at radius 1 is 0.833 bits per heavy atom. The molecule has 0 unspecified atom stereocenters. The Kier molecular flexibility index (Phi) is 10.4. The van der Waals surface area contributed by atoms with E-state index in [9.17, 15) is 14.7 Å². The number of likely N-dealkylation sites (tertiary alicyclic amines) is 1. The maximum absolute atomic E-state index is 12.0. The summed E-state index contributed by atoms with van der Waals surface area (Å²) in [6.45, 7) is 3.43. The van der Waals surface area contributed by atoms with E-state index >= 15 is 0 Å². The van der Waals surface area contributed by atoms with Gasteiger partial charge in [0.1, 0.15) is 0 Å². The molecule has 3 N–H and O–H groups in total. The quantitative estimate of drug-likeness (QED) is 0.284. The van der Waals surface area contributed by atoms with E-state index in [1.165, 1.54) is 19.3 Å². The molecule has 0 radical (unpaired) electrons. The molecule has 2 fully saturated rings. The summed E-state index contributed by atoms with van der Waals surface area (Å²) < 4.78 is 13.2. The van der Waals surface area contributed by atoms with Crippen LogP contribution < -0.4 is 5.32 Å². The number of nitrogens with zero attached hydrogens (tertiary/aromatic N) is 1. The van der Waals surface area contributed by atoms with Crippen LogP contribution in [0.3, 0.4) is 0 Å². The number of aliphatic carboxylic acids is 1. The molecular formula is C34H40N2O6. The largest absolute Gasteiger partial charge is 0.481 e. The van der Waals surface area contributed by atoms with E-state index in [-0.39, 0.29) is 37.6 Å². The van der Waals surface area contributed by atoms with E-state index in [0.29, 0.717) is 6.54 Å². The van der Waals surface area contributed by atoms with Crippen molar-refractivity contribution in [3.63, 3.8) is 0 Å². The zero-order valence-corrected chi connectivity index (χ0v) is 23.9. The van der Waals surface area contributed by atoms with E-state index < -0.39 is 12.3 Å². The van der Waals surface area contributed by atoms with Crippen LogP contribution >= 0.6 is 0 Å². The number of benzene rings is 3. The van der Waals surface area contributed by atoms with Crippen molar-refractivity contribution in [3.05, 3.63) is 95.1 Å². The molecule has 0 bridgehead atoms. The van der Waals surface area contributed by atoms with Crippen molar-refractivity contribution in [2.75, 3.05) is 19.6 Å². The number of carbonyl (C=O) groups excluding carboxylic acids is 1. The van der Waals surface area contributed by atoms with Gasteiger partial charge in [-0.2, -0.15) is 0 Å². The number of aliphatic hydroxyl groups is 1. The van der Waals surface area contributed by atoms with Gasteiger partial charge in [0.2, 0.25) is 5.91 Å². The first-order valence-corrected chi connectivity index (χ1v) is 14.9. The number of piperidine rings is 1. The van der Waals surface area contributed by atoms with Crippen molar-refractivity contribution in [3.8, 4) is 11.1 Å². The van der Waals surface area contributed by atoms with Gasteiger partial charge in [-0.25, -0.2) is 0 Å². The van der Waals surface area contributed by atoms with Gasteiger partial charge in [0, 0.05) is 31.5 Å². The van der Waals surface area contributed by atoms with Gasteiger partial charge in [0.15, 0.2) is 6.29 Å². The molecule has 5 rings (SSSR count). The number of nitrogens with one attached hydrogen (secondary N) is 1. The van der Waals surface area contributed by atoms with Gasteiger partial charge in [-0.3, -0.25) is 9.59 Å². The smallest absolute Gasteiger partial charge is 0.303 e. The fraction of sp³-hybridized carbons (Fsp3) is 0.412. The molecule has 3 aromatic rings. The number of carboxylic acids is 1. The summed E-state index contributed by atoms with van der Waals surface area (Å²) in [5.41, 5.74) is 5.85. The average molecular weight is 573 g/mol. The van der Waals surface area contributed by atoms with Crippen LogP contribution in [0.15, 0.2) is 72.8 Å². The van der Waals surface area contributed by atoms with Gasteiger partial charge < -0.3 is 29.9 Å². The summed E-state index contributed by atoms with van der Waals surface area (Å²) in [5, 5.41) is 21.1. The lowest BCUT2D eigenvalue weighted by Gasteiger charge is -2.39.